The van der Waals surface area contributed by atoms with Gasteiger partial charge in [0.1, 0.15) is 5.75 Å². The van der Waals surface area contributed by atoms with Gasteiger partial charge in [-0.05, 0) is 30.3 Å². The zero-order valence-electron chi connectivity index (χ0n) is 12.3. The van der Waals surface area contributed by atoms with Crippen LogP contribution in [0.25, 0.3) is 15.2 Å². The molecule has 2 heterocycles. The number of anilines is 2. The largest absolute Gasteiger partial charge is 0.497 e. The summed E-state index contributed by atoms with van der Waals surface area (Å²) in [6, 6.07) is 15.4. The van der Waals surface area contributed by atoms with Crippen LogP contribution in [0.3, 0.4) is 0 Å². The Balaban J connectivity index is 1.87. The molecule has 2 N–H and O–H groups in total. The minimum atomic E-state index is 0.143. The van der Waals surface area contributed by atoms with Crippen molar-refractivity contribution in [3.63, 3.8) is 0 Å². The highest BCUT2D eigenvalue weighted by Gasteiger charge is 2.10. The Labute approximate surface area is 135 Å². The molecule has 4 aromatic rings. The number of methoxy groups -OCH3 is 1. The molecule has 0 aliphatic rings. The van der Waals surface area contributed by atoms with Gasteiger partial charge in [0.2, 0.25) is 16.5 Å². The highest BCUT2D eigenvalue weighted by atomic mass is 32.1. The van der Waals surface area contributed by atoms with Gasteiger partial charge < -0.3 is 10.1 Å². The summed E-state index contributed by atoms with van der Waals surface area (Å²) >= 11 is 1.50. The van der Waals surface area contributed by atoms with Crippen molar-refractivity contribution < 1.29 is 4.74 Å². The first-order valence-electron chi connectivity index (χ1n) is 6.98. The van der Waals surface area contributed by atoms with Crippen molar-refractivity contribution >= 4 is 38.2 Å². The summed E-state index contributed by atoms with van der Waals surface area (Å²) in [7, 11) is 1.64. The number of nitrogens with zero attached hydrogens (tertiary/aromatic N) is 3. The first-order valence-corrected chi connectivity index (χ1v) is 7.80. The maximum atomic E-state index is 8.21. The summed E-state index contributed by atoms with van der Waals surface area (Å²) < 4.78 is 7.99. The van der Waals surface area contributed by atoms with Crippen LogP contribution in [-0.2, 0) is 0 Å². The summed E-state index contributed by atoms with van der Waals surface area (Å²) in [6.45, 7) is 0. The lowest BCUT2D eigenvalue weighted by Crippen LogP contribution is -2.18. The van der Waals surface area contributed by atoms with E-state index in [1.165, 1.54) is 11.3 Å². The lowest BCUT2D eigenvalue weighted by Gasteiger charge is -2.04. The van der Waals surface area contributed by atoms with Crippen LogP contribution in [0, 0.1) is 5.41 Å². The molecule has 6 nitrogen and oxygen atoms in total. The third-order valence-corrected chi connectivity index (χ3v) is 4.46. The molecule has 0 bridgehead atoms. The number of hydrogen-bond acceptors (Lipinski definition) is 6. The molecule has 7 heteroatoms. The molecule has 0 spiro atoms. The number of rotatable bonds is 3. The zero-order chi connectivity index (χ0) is 15.8. The van der Waals surface area contributed by atoms with Crippen LogP contribution in [0.4, 0.5) is 11.6 Å². The molecule has 0 fully saturated rings. The Morgan fingerprint density at radius 1 is 1.13 bits per heavy atom. The van der Waals surface area contributed by atoms with E-state index in [1.54, 1.807) is 11.5 Å². The topological polar surface area (TPSA) is 75.3 Å². The lowest BCUT2D eigenvalue weighted by molar-refractivity contribution is 0.415. The number of para-hydroxylation sites is 1. The molecule has 0 amide bonds. The van der Waals surface area contributed by atoms with Gasteiger partial charge >= 0.3 is 0 Å². The fourth-order valence-corrected chi connectivity index (χ4v) is 3.43. The second-order valence-electron chi connectivity index (χ2n) is 4.92. The Kier molecular flexibility index (Phi) is 3.20. The Bertz CT molecular complexity index is 1050. The standard InChI is InChI=1S/C16H13N5OS/c1-22-11-7-8-12-13(9-11)23-16-20-15(19-14(17)21(12)16)18-10-5-3-2-4-6-10/h2-9H,1H3,(H2,17,18,19). The number of aromatic nitrogens is 3. The van der Waals surface area contributed by atoms with E-state index >= 15 is 0 Å². The minimum Gasteiger partial charge on any atom is -0.497 e. The van der Waals surface area contributed by atoms with Crippen molar-refractivity contribution in [2.75, 3.05) is 12.4 Å². The minimum absolute atomic E-state index is 0.143. The molecule has 23 heavy (non-hydrogen) atoms. The van der Waals surface area contributed by atoms with E-state index in [1.807, 2.05) is 48.5 Å². The van der Waals surface area contributed by atoms with Gasteiger partial charge in [0, 0.05) is 5.69 Å². The quantitative estimate of drug-likeness (QED) is 0.607. The molecule has 0 aliphatic carbocycles. The van der Waals surface area contributed by atoms with Gasteiger partial charge in [-0.25, -0.2) is 0 Å². The second kappa shape index (κ2) is 5.36. The van der Waals surface area contributed by atoms with Gasteiger partial charge in [-0.1, -0.05) is 29.5 Å². The van der Waals surface area contributed by atoms with Crippen LogP contribution < -0.4 is 15.7 Å². The SMILES string of the molecule is COc1ccc2c(c1)sc1nc(Nc3ccccc3)nc(=N)n12. The van der Waals surface area contributed by atoms with Crippen LogP contribution >= 0.6 is 11.3 Å². The normalized spacial score (nSPS) is 11.0. The number of hydrogen-bond donors (Lipinski definition) is 2. The van der Waals surface area contributed by atoms with Crippen LogP contribution in [0.15, 0.2) is 48.5 Å². The van der Waals surface area contributed by atoms with Gasteiger partial charge in [-0.15, -0.1) is 0 Å². The first-order chi connectivity index (χ1) is 11.2. The fourth-order valence-electron chi connectivity index (χ4n) is 2.38. The lowest BCUT2D eigenvalue weighted by atomic mass is 10.3. The molecule has 0 atom stereocenters. The molecular formula is C16H13N5OS. The number of benzene rings is 2. The number of fused-ring (bicyclic) bond motifs is 3. The van der Waals surface area contributed by atoms with Gasteiger partial charge in [0.05, 0.1) is 17.3 Å². The third kappa shape index (κ3) is 2.40. The highest BCUT2D eigenvalue weighted by molar-refractivity contribution is 7.23. The average molecular weight is 323 g/mol. The molecule has 2 aromatic heterocycles. The van der Waals surface area contributed by atoms with Crippen LogP contribution in [0.1, 0.15) is 0 Å². The Morgan fingerprint density at radius 2 is 1.96 bits per heavy atom. The van der Waals surface area contributed by atoms with E-state index < -0.39 is 0 Å². The van der Waals surface area contributed by atoms with Gasteiger partial charge in [-0.2, -0.15) is 9.97 Å². The summed E-state index contributed by atoms with van der Waals surface area (Å²) in [5, 5.41) is 11.3. The molecule has 0 radical (unpaired) electrons. The maximum absolute atomic E-state index is 8.21. The van der Waals surface area contributed by atoms with Crippen LogP contribution in [-0.4, -0.2) is 21.5 Å². The van der Waals surface area contributed by atoms with Gasteiger partial charge in [-0.3, -0.25) is 9.81 Å². The van der Waals surface area contributed by atoms with Crippen molar-refractivity contribution in [3.8, 4) is 5.75 Å². The molecule has 0 unspecified atom stereocenters. The van der Waals surface area contributed by atoms with E-state index in [2.05, 4.69) is 15.3 Å². The zero-order valence-corrected chi connectivity index (χ0v) is 13.1. The summed E-state index contributed by atoms with van der Waals surface area (Å²) in [6.07, 6.45) is 0. The maximum Gasteiger partial charge on any atom is 0.233 e. The molecular weight excluding hydrogens is 310 g/mol. The first kappa shape index (κ1) is 13.7. The fraction of sp³-hybridized carbons (Fsp3) is 0.0625. The van der Waals surface area contributed by atoms with E-state index in [0.29, 0.717) is 10.9 Å². The number of nitrogens with one attached hydrogen (secondary N) is 2. The smallest absolute Gasteiger partial charge is 0.233 e. The second-order valence-corrected chi connectivity index (χ2v) is 5.92. The number of ether oxygens (including phenoxy) is 1. The molecule has 2 aromatic carbocycles. The summed E-state index contributed by atoms with van der Waals surface area (Å²) in [4.78, 5) is 9.48. The van der Waals surface area contributed by atoms with Crippen molar-refractivity contribution in [1.29, 1.82) is 5.41 Å². The molecule has 4 rings (SSSR count). The summed E-state index contributed by atoms with van der Waals surface area (Å²) in [5.41, 5.74) is 1.94. The van der Waals surface area contributed by atoms with Crippen LogP contribution in [0.5, 0.6) is 5.75 Å². The van der Waals surface area contributed by atoms with Gasteiger partial charge in [0.25, 0.3) is 0 Å². The molecule has 0 saturated carbocycles. The van der Waals surface area contributed by atoms with E-state index in [-0.39, 0.29) is 5.62 Å². The van der Waals surface area contributed by atoms with E-state index in [0.717, 1.165) is 21.7 Å². The molecule has 0 saturated heterocycles. The van der Waals surface area contributed by atoms with Crippen molar-refractivity contribution in [3.05, 3.63) is 54.1 Å². The highest BCUT2D eigenvalue weighted by Crippen LogP contribution is 2.28. The monoisotopic (exact) mass is 323 g/mol. The predicted molar refractivity (Wildman–Crippen MR) is 90.5 cm³/mol. The van der Waals surface area contributed by atoms with E-state index in [4.69, 9.17) is 10.1 Å². The van der Waals surface area contributed by atoms with Crippen molar-refractivity contribution in [2.45, 2.75) is 0 Å². The van der Waals surface area contributed by atoms with Crippen molar-refractivity contribution in [1.82, 2.24) is 14.4 Å². The molecule has 0 aliphatic heterocycles. The van der Waals surface area contributed by atoms with Gasteiger partial charge in [0.15, 0.2) is 0 Å². The molecule has 114 valence electrons. The van der Waals surface area contributed by atoms with E-state index in [9.17, 15) is 0 Å². The van der Waals surface area contributed by atoms with Crippen molar-refractivity contribution in [2.24, 2.45) is 0 Å². The Morgan fingerprint density at radius 3 is 2.74 bits per heavy atom. The third-order valence-electron chi connectivity index (χ3n) is 3.46. The predicted octanol–water partition coefficient (Wildman–Crippen LogP) is 3.18. The number of thiazole rings is 1. The summed E-state index contributed by atoms with van der Waals surface area (Å²) in [5.74, 6) is 1.20. The van der Waals surface area contributed by atoms with Crippen LogP contribution in [0.2, 0.25) is 0 Å². The Hall–Kier alpha value is -2.93. The average Bonchev–Trinajstić information content (AvgIpc) is 2.93.